The molecule has 0 aliphatic heterocycles. The van der Waals surface area contributed by atoms with Crippen LogP contribution in [0.25, 0.3) is 0 Å². The molecule has 2 aromatic heterocycles. The third-order valence-electron chi connectivity index (χ3n) is 12.9. The molecule has 346 valence electrons. The molecule has 2 rings (SSSR count). The van der Waals surface area contributed by atoms with Crippen molar-refractivity contribution < 1.29 is 0 Å². The van der Waals surface area contributed by atoms with Gasteiger partial charge in [0.05, 0.1) is 8.07 Å². The van der Waals surface area contributed by atoms with Gasteiger partial charge in [0.15, 0.2) is 0 Å². The van der Waals surface area contributed by atoms with E-state index in [-0.39, 0.29) is 0 Å². The van der Waals surface area contributed by atoms with Crippen molar-refractivity contribution in [3.8, 4) is 46.6 Å². The Hall–Kier alpha value is -2.60. The Morgan fingerprint density at radius 3 is 1.17 bits per heavy atom. The van der Waals surface area contributed by atoms with Gasteiger partial charge in [0, 0.05) is 32.7 Å². The lowest BCUT2D eigenvalue weighted by molar-refractivity contribution is 0.792. The molecule has 0 atom stereocenters. The third-order valence-corrected chi connectivity index (χ3v) is 29.0. The number of allylic oxidation sites excluding steroid dienone is 4. The summed E-state index contributed by atoms with van der Waals surface area (Å²) in [6.45, 7) is 44.5. The average molecular weight is 1010 g/mol. The molecule has 6 heteroatoms. The molecule has 0 N–H and O–H groups in total. The molecule has 0 aliphatic carbocycles. The molecule has 0 aliphatic rings. The molecule has 0 aromatic carbocycles. The van der Waals surface area contributed by atoms with E-state index >= 15 is 0 Å². The van der Waals surface area contributed by atoms with Crippen LogP contribution in [0.2, 0.25) is 52.9 Å². The van der Waals surface area contributed by atoms with Crippen molar-refractivity contribution in [1.29, 1.82) is 0 Å². The highest BCUT2D eigenvalue weighted by atomic mass is 127. The Labute approximate surface area is 407 Å². The first-order chi connectivity index (χ1) is 29.6. The van der Waals surface area contributed by atoms with Crippen LogP contribution >= 0.6 is 22.6 Å². The van der Waals surface area contributed by atoms with Crippen molar-refractivity contribution in [1.82, 2.24) is 9.97 Å². The Morgan fingerprint density at radius 1 is 0.492 bits per heavy atom. The van der Waals surface area contributed by atoms with E-state index in [0.717, 1.165) is 54.6 Å². The van der Waals surface area contributed by atoms with Gasteiger partial charge in [0.2, 0.25) is 0 Å². The van der Waals surface area contributed by atoms with E-state index in [1.807, 2.05) is 18.5 Å². The summed E-state index contributed by atoms with van der Waals surface area (Å²) < 4.78 is 1.41. The SMILES string of the molecule is CCCC/C(=C(/C#Cc1ccc(C#C[Si](C(C)C)(C(C)C)C(C)C)nc1)CCC)[Si](C)(C)C.CCCC/C(I)=C(\C#Cc1ccc(C#C[Si](C(C)C)(C(C)C)C(C)C)nc1)CCC. The molecule has 0 fully saturated rings. The highest BCUT2D eigenvalue weighted by molar-refractivity contribution is 14.1. The fraction of sp³-hybridized carbons (Fsp3) is 0.614. The molecule has 2 nitrogen and oxygen atoms in total. The number of nitrogens with zero attached hydrogens (tertiary/aromatic N) is 2. The molecule has 0 bridgehead atoms. The van der Waals surface area contributed by atoms with Crippen LogP contribution in [0.1, 0.15) is 198 Å². The van der Waals surface area contributed by atoms with Crippen LogP contribution < -0.4 is 0 Å². The minimum Gasteiger partial charge on any atom is -0.247 e. The first kappa shape index (κ1) is 58.4. The fourth-order valence-corrected chi connectivity index (χ4v) is 22.7. The van der Waals surface area contributed by atoms with Crippen LogP contribution in [0.3, 0.4) is 0 Å². The van der Waals surface area contributed by atoms with Gasteiger partial charge in [-0.3, -0.25) is 0 Å². The highest BCUT2D eigenvalue weighted by Gasteiger charge is 2.42. The molecule has 2 aromatic rings. The van der Waals surface area contributed by atoms with Gasteiger partial charge in [0.1, 0.15) is 27.5 Å². The summed E-state index contributed by atoms with van der Waals surface area (Å²) >= 11 is 2.48. The first-order valence-electron chi connectivity index (χ1n) is 24.7. The lowest BCUT2D eigenvalue weighted by Crippen LogP contribution is -2.43. The number of unbranched alkanes of at least 4 members (excludes halogenated alkanes) is 2. The van der Waals surface area contributed by atoms with E-state index in [9.17, 15) is 0 Å². The van der Waals surface area contributed by atoms with Gasteiger partial charge >= 0.3 is 0 Å². The Kier molecular flexibility index (Phi) is 27.0. The van der Waals surface area contributed by atoms with Gasteiger partial charge in [-0.2, -0.15) is 0 Å². The maximum Gasteiger partial charge on any atom is 0.146 e. The minimum absolute atomic E-state index is 0.632. The maximum absolute atomic E-state index is 4.67. The second-order valence-corrected chi connectivity index (χ2v) is 38.0. The van der Waals surface area contributed by atoms with Crippen molar-refractivity contribution in [2.24, 2.45) is 0 Å². The van der Waals surface area contributed by atoms with Crippen molar-refractivity contribution in [3.63, 3.8) is 0 Å². The molecule has 2 heterocycles. The normalized spacial score (nSPS) is 12.7. The topological polar surface area (TPSA) is 25.8 Å². The van der Waals surface area contributed by atoms with E-state index < -0.39 is 24.2 Å². The van der Waals surface area contributed by atoms with Crippen LogP contribution in [0.15, 0.2) is 56.6 Å². The predicted molar refractivity (Wildman–Crippen MR) is 298 cm³/mol. The van der Waals surface area contributed by atoms with Gasteiger partial charge in [0.25, 0.3) is 0 Å². The maximum atomic E-state index is 4.67. The van der Waals surface area contributed by atoms with Gasteiger partial charge in [-0.15, -0.1) is 11.1 Å². The highest BCUT2D eigenvalue weighted by Crippen LogP contribution is 2.42. The zero-order chi connectivity index (χ0) is 48.0. The number of hydrogen-bond acceptors (Lipinski definition) is 2. The Balaban J connectivity index is 0.000000633. The Bertz CT molecular complexity index is 1950. The molecular weight excluding hydrogens is 924 g/mol. The molecule has 0 unspecified atom stereocenters. The summed E-state index contributed by atoms with van der Waals surface area (Å²) in [6.07, 6.45) is 15.5. The minimum atomic E-state index is -1.74. The van der Waals surface area contributed by atoms with E-state index in [0.29, 0.717) is 33.2 Å². The van der Waals surface area contributed by atoms with E-state index in [2.05, 4.69) is 228 Å². The van der Waals surface area contributed by atoms with Crippen molar-refractivity contribution in [2.75, 3.05) is 0 Å². The van der Waals surface area contributed by atoms with Crippen molar-refractivity contribution >= 4 is 46.8 Å². The second kappa shape index (κ2) is 29.1. The molecule has 0 spiro atoms. The van der Waals surface area contributed by atoms with E-state index in [1.165, 1.54) is 46.8 Å². The molecule has 0 saturated heterocycles. The van der Waals surface area contributed by atoms with Crippen LogP contribution in [-0.2, 0) is 0 Å². The average Bonchev–Trinajstić information content (AvgIpc) is 3.21. The van der Waals surface area contributed by atoms with Crippen LogP contribution in [0.5, 0.6) is 0 Å². The number of rotatable bonds is 17. The molecular formula is C57H89IN2Si3. The van der Waals surface area contributed by atoms with Crippen molar-refractivity contribution in [3.05, 3.63) is 79.1 Å². The number of aromatic nitrogens is 2. The van der Waals surface area contributed by atoms with Gasteiger partial charge in [-0.05, 0) is 118 Å². The summed E-state index contributed by atoms with van der Waals surface area (Å²) in [6, 6.07) is 8.24. The number of hydrogen-bond donors (Lipinski definition) is 0. The van der Waals surface area contributed by atoms with Crippen molar-refractivity contribution in [2.45, 2.75) is 228 Å². The number of pyridine rings is 2. The standard InChI is InChI=1S/C30H49NSi2.C27H40INSi/c1-12-14-16-30(32(9,10)11)28(15-13-2)19-17-27-18-20-29(31-23-27)21-22-33(24(3)4,25(5)6)26(7)8;1-9-11-13-27(28)25(12-10-2)16-14-24-15-17-26(29-20-24)18-19-30(21(3)4,22(5)6)23(7)8/h18,20,23-26H,12-16H2,1-11H3;15,17,20-23H,9-13H2,1-8H3/b30-28-;27-25+. The quantitative estimate of drug-likeness (QED) is 0.0897. The summed E-state index contributed by atoms with van der Waals surface area (Å²) in [5.41, 5.74) is 17.7. The smallest absolute Gasteiger partial charge is 0.146 e. The van der Waals surface area contributed by atoms with E-state index in [1.54, 1.807) is 5.20 Å². The van der Waals surface area contributed by atoms with Gasteiger partial charge in [-0.25, -0.2) is 9.97 Å². The monoisotopic (exact) mass is 1010 g/mol. The fourth-order valence-electron chi connectivity index (χ4n) is 9.46. The lowest BCUT2D eigenvalue weighted by atomic mass is 10.1. The number of halogens is 1. The predicted octanol–water partition coefficient (Wildman–Crippen LogP) is 17.8. The van der Waals surface area contributed by atoms with Crippen LogP contribution in [-0.4, -0.2) is 34.2 Å². The summed E-state index contributed by atoms with van der Waals surface area (Å²) in [5, 5.41) is 1.66. The van der Waals surface area contributed by atoms with Crippen LogP contribution in [0, 0.1) is 46.6 Å². The zero-order valence-corrected chi connectivity index (χ0v) is 48.9. The van der Waals surface area contributed by atoms with E-state index in [4.69, 9.17) is 0 Å². The molecule has 0 radical (unpaired) electrons. The third kappa shape index (κ3) is 18.3. The van der Waals surface area contributed by atoms with Gasteiger partial charge < -0.3 is 0 Å². The molecule has 0 saturated carbocycles. The lowest BCUT2D eigenvalue weighted by Gasteiger charge is -2.38. The van der Waals surface area contributed by atoms with Crippen LogP contribution in [0.4, 0.5) is 0 Å². The Morgan fingerprint density at radius 2 is 0.857 bits per heavy atom. The summed E-state index contributed by atoms with van der Waals surface area (Å²) in [5.74, 6) is 20.6. The summed E-state index contributed by atoms with van der Waals surface area (Å²) in [7, 11) is -4.84. The largest absolute Gasteiger partial charge is 0.247 e. The zero-order valence-electron chi connectivity index (χ0n) is 43.8. The first-order valence-corrected chi connectivity index (χ1v) is 33.7. The molecule has 63 heavy (non-hydrogen) atoms. The summed E-state index contributed by atoms with van der Waals surface area (Å²) in [4.78, 5) is 9.27. The van der Waals surface area contributed by atoms with Gasteiger partial charge in [-0.1, -0.05) is 203 Å². The second-order valence-electron chi connectivity index (χ2n) is 20.5. The molecule has 0 amide bonds.